The van der Waals surface area contributed by atoms with Gasteiger partial charge in [-0.1, -0.05) is 0 Å². The van der Waals surface area contributed by atoms with Crippen molar-refractivity contribution < 1.29 is 23.2 Å². The molecular formula is C12H20AsNO5S. The summed E-state index contributed by atoms with van der Waals surface area (Å²) in [6.07, 6.45) is 4.86. The van der Waals surface area contributed by atoms with E-state index in [1.807, 2.05) is 6.92 Å². The molecule has 1 rings (SSSR count). The Balaban J connectivity index is 2.38. The second kappa shape index (κ2) is 8.22. The molecule has 0 heterocycles. The first kappa shape index (κ1) is 17.7. The fraction of sp³-hybridized carbons (Fsp3) is 0.583. The molecule has 0 fully saturated rings. The quantitative estimate of drug-likeness (QED) is 0.365. The minimum absolute atomic E-state index is 0.161. The molecule has 0 radical (unpaired) electrons. The van der Waals surface area contributed by atoms with Crippen LogP contribution in [0.2, 0.25) is 0 Å². The maximum absolute atomic E-state index is 11.8. The summed E-state index contributed by atoms with van der Waals surface area (Å²) < 4.78 is 18.9. The van der Waals surface area contributed by atoms with Crippen LogP contribution >= 0.6 is 11.8 Å². The zero-order chi connectivity index (χ0) is 15.2. The van der Waals surface area contributed by atoms with E-state index in [-0.39, 0.29) is 18.3 Å². The Labute approximate surface area is 127 Å². The van der Waals surface area contributed by atoms with Crippen LogP contribution in [0.15, 0.2) is 22.6 Å². The van der Waals surface area contributed by atoms with E-state index in [0.29, 0.717) is 16.5 Å². The standard InChI is InChI=1S/C12H20AsNO5S/c1-12(4-2-9(3-5-12)13(18)19)14-11(17)8-20-7-10(16)6-15/h2-4,10,15-16,18-19H,5-8H2,1H3,(H,14,17). The van der Waals surface area contributed by atoms with E-state index >= 15 is 0 Å². The summed E-state index contributed by atoms with van der Waals surface area (Å²) in [5.41, 5.74) is -0.527. The summed E-state index contributed by atoms with van der Waals surface area (Å²) >= 11 is -1.58. The van der Waals surface area contributed by atoms with Crippen LogP contribution in [-0.4, -0.2) is 69.4 Å². The third kappa shape index (κ3) is 5.99. The average molecular weight is 365 g/mol. The monoisotopic (exact) mass is 365 g/mol. The van der Waals surface area contributed by atoms with E-state index in [1.54, 1.807) is 18.2 Å². The van der Waals surface area contributed by atoms with Gasteiger partial charge in [0.15, 0.2) is 0 Å². The van der Waals surface area contributed by atoms with Gasteiger partial charge in [0.2, 0.25) is 0 Å². The van der Waals surface area contributed by atoms with Gasteiger partial charge >= 0.3 is 127 Å². The second-order valence-corrected chi connectivity index (χ2v) is 8.10. The molecule has 2 unspecified atom stereocenters. The van der Waals surface area contributed by atoms with E-state index in [9.17, 15) is 4.79 Å². The van der Waals surface area contributed by atoms with Crippen molar-refractivity contribution in [2.45, 2.75) is 25.0 Å². The molecule has 8 heteroatoms. The molecule has 0 aromatic heterocycles. The third-order valence-corrected chi connectivity index (χ3v) is 5.52. The molecule has 20 heavy (non-hydrogen) atoms. The van der Waals surface area contributed by atoms with Gasteiger partial charge in [-0.15, -0.1) is 0 Å². The van der Waals surface area contributed by atoms with Gasteiger partial charge in [0.25, 0.3) is 0 Å². The number of aliphatic hydroxyl groups excluding tert-OH is 2. The second-order valence-electron chi connectivity index (χ2n) is 4.77. The number of allylic oxidation sites excluding steroid dienone is 2. The Morgan fingerprint density at radius 3 is 2.80 bits per heavy atom. The molecular weight excluding hydrogens is 345 g/mol. The van der Waals surface area contributed by atoms with Crippen LogP contribution in [0.25, 0.3) is 0 Å². The predicted octanol–water partition coefficient (Wildman–Crippen LogP) is -1.15. The van der Waals surface area contributed by atoms with E-state index in [2.05, 4.69) is 5.32 Å². The van der Waals surface area contributed by atoms with Crippen LogP contribution in [0.1, 0.15) is 13.3 Å². The van der Waals surface area contributed by atoms with Crippen LogP contribution in [0, 0.1) is 0 Å². The van der Waals surface area contributed by atoms with Crippen molar-refractivity contribution in [2.24, 2.45) is 0 Å². The van der Waals surface area contributed by atoms with Crippen LogP contribution < -0.4 is 5.32 Å². The van der Waals surface area contributed by atoms with Crippen molar-refractivity contribution in [2.75, 3.05) is 18.1 Å². The number of nitrogens with one attached hydrogen (secondary N) is 1. The number of amides is 1. The van der Waals surface area contributed by atoms with E-state index in [0.717, 1.165) is 0 Å². The van der Waals surface area contributed by atoms with Crippen LogP contribution in [-0.2, 0) is 4.79 Å². The molecule has 1 amide bonds. The van der Waals surface area contributed by atoms with Gasteiger partial charge in [0, 0.05) is 0 Å². The summed E-state index contributed by atoms with van der Waals surface area (Å²) in [6.45, 7) is 1.55. The molecule has 0 spiro atoms. The molecule has 2 atom stereocenters. The molecule has 0 aliphatic heterocycles. The van der Waals surface area contributed by atoms with Gasteiger partial charge in [-0.05, 0) is 0 Å². The van der Waals surface area contributed by atoms with Crippen LogP contribution in [0.4, 0.5) is 0 Å². The van der Waals surface area contributed by atoms with Gasteiger partial charge in [0.1, 0.15) is 0 Å². The fourth-order valence-electron chi connectivity index (χ4n) is 1.66. The number of hydrogen-bond donors (Lipinski definition) is 5. The van der Waals surface area contributed by atoms with Gasteiger partial charge in [-0.25, -0.2) is 0 Å². The molecule has 0 aromatic carbocycles. The molecule has 1 aliphatic rings. The fourth-order valence-corrected chi connectivity index (χ4v) is 3.38. The third-order valence-electron chi connectivity index (χ3n) is 2.77. The van der Waals surface area contributed by atoms with Gasteiger partial charge in [-0.2, -0.15) is 0 Å². The molecule has 6 nitrogen and oxygen atoms in total. The Hall–Kier alpha value is -0.302. The Kier molecular flexibility index (Phi) is 7.29. The first-order valence-electron chi connectivity index (χ1n) is 6.11. The zero-order valence-corrected chi connectivity index (χ0v) is 13.9. The Morgan fingerprint density at radius 1 is 1.60 bits per heavy atom. The molecule has 0 bridgehead atoms. The first-order chi connectivity index (χ1) is 9.36. The van der Waals surface area contributed by atoms with Gasteiger partial charge in [0.05, 0.1) is 0 Å². The molecule has 1 aliphatic carbocycles. The number of rotatable bonds is 7. The summed E-state index contributed by atoms with van der Waals surface area (Å²) in [5, 5.41) is 20.7. The van der Waals surface area contributed by atoms with E-state index in [1.165, 1.54) is 11.8 Å². The van der Waals surface area contributed by atoms with Crippen molar-refractivity contribution >= 4 is 33.0 Å². The summed E-state index contributed by atoms with van der Waals surface area (Å²) in [4.78, 5) is 11.8. The topological polar surface area (TPSA) is 110 Å². The summed E-state index contributed by atoms with van der Waals surface area (Å²) in [5.74, 6) is 0.351. The van der Waals surface area contributed by atoms with Crippen molar-refractivity contribution in [3.8, 4) is 0 Å². The zero-order valence-electron chi connectivity index (χ0n) is 11.2. The normalized spacial score (nSPS) is 23.6. The number of aliphatic hydroxyl groups is 2. The number of carbonyl (C=O) groups excluding carboxylic acids is 1. The van der Waals surface area contributed by atoms with Crippen molar-refractivity contribution in [1.29, 1.82) is 0 Å². The van der Waals surface area contributed by atoms with Gasteiger partial charge < -0.3 is 0 Å². The summed E-state index contributed by atoms with van der Waals surface area (Å²) in [6, 6.07) is 0. The number of hydrogen-bond acceptors (Lipinski definition) is 6. The van der Waals surface area contributed by atoms with E-state index < -0.39 is 27.0 Å². The average Bonchev–Trinajstić information content (AvgIpc) is 2.38. The predicted molar refractivity (Wildman–Crippen MR) is 79.0 cm³/mol. The molecule has 5 N–H and O–H groups in total. The number of carbonyl (C=O) groups is 1. The molecule has 0 aromatic rings. The number of thioether (sulfide) groups is 1. The Bertz CT molecular complexity index is 401. The van der Waals surface area contributed by atoms with Crippen molar-refractivity contribution in [3.63, 3.8) is 0 Å². The SMILES string of the molecule is CC1(NC(=O)CSCC(O)CO)C=CC([As](O)O)=CC1. The minimum atomic E-state index is -2.84. The van der Waals surface area contributed by atoms with Crippen molar-refractivity contribution in [1.82, 2.24) is 5.32 Å². The van der Waals surface area contributed by atoms with Gasteiger partial charge in [-0.3, -0.25) is 0 Å². The first-order valence-corrected chi connectivity index (χ1v) is 9.88. The summed E-state index contributed by atoms with van der Waals surface area (Å²) in [7, 11) is 0. The molecule has 114 valence electrons. The Morgan fingerprint density at radius 2 is 2.30 bits per heavy atom. The van der Waals surface area contributed by atoms with E-state index in [4.69, 9.17) is 18.4 Å². The van der Waals surface area contributed by atoms with Crippen LogP contribution in [0.3, 0.4) is 0 Å². The molecule has 0 saturated carbocycles. The molecule has 0 saturated heterocycles. The maximum atomic E-state index is 11.8. The van der Waals surface area contributed by atoms with Crippen LogP contribution in [0.5, 0.6) is 0 Å². The van der Waals surface area contributed by atoms with Crippen molar-refractivity contribution in [3.05, 3.63) is 22.6 Å².